The summed E-state index contributed by atoms with van der Waals surface area (Å²) in [6, 6.07) is 9.48. The molecule has 0 aliphatic carbocycles. The van der Waals surface area contributed by atoms with Crippen LogP contribution >= 0.6 is 0 Å². The SMILES string of the molecule is CN1CCC2(C1)CN(C(=O)OCc1ccccc1)CC2C(=O)O. The summed E-state index contributed by atoms with van der Waals surface area (Å²) < 4.78 is 5.35. The van der Waals surface area contributed by atoms with Gasteiger partial charge in [0, 0.05) is 25.0 Å². The fraction of sp³-hybridized carbons (Fsp3) is 0.529. The molecule has 6 heteroatoms. The molecule has 0 radical (unpaired) electrons. The summed E-state index contributed by atoms with van der Waals surface area (Å²) in [6.07, 6.45) is 0.384. The Kier molecular flexibility index (Phi) is 4.26. The molecule has 0 bridgehead atoms. The van der Waals surface area contributed by atoms with Crippen LogP contribution in [0.25, 0.3) is 0 Å². The second-order valence-electron chi connectivity index (χ2n) is 6.66. The van der Waals surface area contributed by atoms with Crippen molar-refractivity contribution < 1.29 is 19.4 Å². The van der Waals surface area contributed by atoms with Crippen molar-refractivity contribution in [3.05, 3.63) is 35.9 Å². The second-order valence-corrected chi connectivity index (χ2v) is 6.66. The van der Waals surface area contributed by atoms with Crippen molar-refractivity contribution in [2.75, 3.05) is 33.2 Å². The van der Waals surface area contributed by atoms with Gasteiger partial charge in [-0.2, -0.15) is 0 Å². The molecule has 1 amide bonds. The van der Waals surface area contributed by atoms with Crippen LogP contribution in [0.3, 0.4) is 0 Å². The number of carbonyl (C=O) groups is 2. The zero-order valence-electron chi connectivity index (χ0n) is 13.3. The molecule has 23 heavy (non-hydrogen) atoms. The zero-order valence-corrected chi connectivity index (χ0v) is 13.3. The smallest absolute Gasteiger partial charge is 0.410 e. The molecule has 6 nitrogen and oxygen atoms in total. The highest BCUT2D eigenvalue weighted by molar-refractivity contribution is 5.75. The molecule has 124 valence electrons. The zero-order chi connectivity index (χ0) is 16.4. The minimum Gasteiger partial charge on any atom is -0.481 e. The third-order valence-electron chi connectivity index (χ3n) is 4.99. The van der Waals surface area contributed by atoms with Gasteiger partial charge in [0.25, 0.3) is 0 Å². The summed E-state index contributed by atoms with van der Waals surface area (Å²) >= 11 is 0. The molecule has 2 unspecified atom stereocenters. The van der Waals surface area contributed by atoms with Gasteiger partial charge in [-0.25, -0.2) is 4.79 Å². The minimum absolute atomic E-state index is 0.209. The van der Waals surface area contributed by atoms with Gasteiger partial charge in [0.2, 0.25) is 0 Å². The third kappa shape index (κ3) is 3.17. The topological polar surface area (TPSA) is 70.1 Å². The summed E-state index contributed by atoms with van der Waals surface area (Å²) in [4.78, 5) is 27.6. The van der Waals surface area contributed by atoms with Gasteiger partial charge < -0.3 is 19.6 Å². The van der Waals surface area contributed by atoms with E-state index in [4.69, 9.17) is 4.74 Å². The van der Waals surface area contributed by atoms with E-state index >= 15 is 0 Å². The lowest BCUT2D eigenvalue weighted by Crippen LogP contribution is -2.37. The Balaban J connectivity index is 1.64. The van der Waals surface area contributed by atoms with Crippen LogP contribution in [-0.4, -0.2) is 60.2 Å². The Morgan fingerprint density at radius 3 is 2.65 bits per heavy atom. The largest absolute Gasteiger partial charge is 0.481 e. The molecule has 2 aliphatic rings. The number of aliphatic carboxylic acids is 1. The molecule has 2 heterocycles. The standard InChI is InChI=1S/C17H22N2O4/c1-18-8-7-17(11-18)12-19(9-14(17)15(20)21)16(22)23-10-13-5-3-2-4-6-13/h2-6,14H,7-12H2,1H3,(H,20,21). The summed E-state index contributed by atoms with van der Waals surface area (Å²) in [7, 11) is 1.99. The molecular formula is C17H22N2O4. The molecular weight excluding hydrogens is 296 g/mol. The maximum absolute atomic E-state index is 12.3. The Hall–Kier alpha value is -2.08. The molecule has 0 aromatic heterocycles. The predicted molar refractivity (Wildman–Crippen MR) is 83.9 cm³/mol. The number of carboxylic acids is 1. The van der Waals surface area contributed by atoms with Crippen molar-refractivity contribution in [1.29, 1.82) is 0 Å². The number of ether oxygens (including phenoxy) is 1. The summed E-state index contributed by atoms with van der Waals surface area (Å²) in [6.45, 7) is 2.49. The van der Waals surface area contributed by atoms with E-state index in [1.807, 2.05) is 37.4 Å². The molecule has 0 saturated carbocycles. The average molecular weight is 318 g/mol. The number of carboxylic acid groups (broad SMARTS) is 1. The molecule has 1 aromatic rings. The fourth-order valence-electron chi connectivity index (χ4n) is 3.78. The lowest BCUT2D eigenvalue weighted by molar-refractivity contribution is -0.144. The van der Waals surface area contributed by atoms with Gasteiger partial charge in [0.15, 0.2) is 0 Å². The normalized spacial score (nSPS) is 27.5. The first-order valence-corrected chi connectivity index (χ1v) is 7.87. The van der Waals surface area contributed by atoms with Gasteiger partial charge in [-0.05, 0) is 25.6 Å². The predicted octanol–water partition coefficient (Wildman–Crippen LogP) is 1.66. The Morgan fingerprint density at radius 2 is 2.04 bits per heavy atom. The average Bonchev–Trinajstić information content (AvgIpc) is 3.10. The highest BCUT2D eigenvalue weighted by Crippen LogP contribution is 2.43. The molecule has 2 aliphatic heterocycles. The van der Waals surface area contributed by atoms with Crippen LogP contribution in [0.2, 0.25) is 0 Å². The van der Waals surface area contributed by atoms with Gasteiger partial charge in [-0.3, -0.25) is 4.79 Å². The maximum atomic E-state index is 12.3. The van der Waals surface area contributed by atoms with Crippen molar-refractivity contribution >= 4 is 12.1 Å². The third-order valence-corrected chi connectivity index (χ3v) is 4.99. The van der Waals surface area contributed by atoms with E-state index in [-0.39, 0.29) is 18.6 Å². The first-order chi connectivity index (χ1) is 11.0. The van der Waals surface area contributed by atoms with Gasteiger partial charge in [0.05, 0.1) is 5.92 Å². The fourth-order valence-corrected chi connectivity index (χ4v) is 3.78. The number of likely N-dealkylation sites (tertiary alicyclic amines) is 2. The Bertz CT molecular complexity index is 592. The van der Waals surface area contributed by atoms with Crippen molar-refractivity contribution in [3.8, 4) is 0 Å². The first-order valence-electron chi connectivity index (χ1n) is 7.87. The van der Waals surface area contributed by atoms with Crippen LogP contribution in [0.1, 0.15) is 12.0 Å². The molecule has 1 spiro atoms. The highest BCUT2D eigenvalue weighted by atomic mass is 16.6. The number of amides is 1. The van der Waals surface area contributed by atoms with E-state index in [1.165, 1.54) is 0 Å². The summed E-state index contributed by atoms with van der Waals surface area (Å²) in [5.41, 5.74) is 0.581. The van der Waals surface area contributed by atoms with E-state index in [0.717, 1.165) is 18.5 Å². The van der Waals surface area contributed by atoms with Gasteiger partial charge in [-0.1, -0.05) is 30.3 Å². The van der Waals surface area contributed by atoms with Crippen LogP contribution in [-0.2, 0) is 16.1 Å². The highest BCUT2D eigenvalue weighted by Gasteiger charge is 2.54. The van der Waals surface area contributed by atoms with Crippen LogP contribution in [0.15, 0.2) is 30.3 Å². The number of carbonyl (C=O) groups excluding carboxylic acids is 1. The van der Waals surface area contributed by atoms with Crippen molar-refractivity contribution in [2.24, 2.45) is 11.3 Å². The molecule has 1 N–H and O–H groups in total. The van der Waals surface area contributed by atoms with Crippen LogP contribution in [0.5, 0.6) is 0 Å². The Labute approximate surface area is 135 Å². The van der Waals surface area contributed by atoms with Gasteiger partial charge >= 0.3 is 12.1 Å². The minimum atomic E-state index is -0.821. The number of benzene rings is 1. The first kappa shape index (κ1) is 15.8. The quantitative estimate of drug-likeness (QED) is 0.918. The van der Waals surface area contributed by atoms with Crippen molar-refractivity contribution in [1.82, 2.24) is 9.80 Å². The van der Waals surface area contributed by atoms with E-state index in [1.54, 1.807) is 4.90 Å². The maximum Gasteiger partial charge on any atom is 0.410 e. The van der Waals surface area contributed by atoms with Gasteiger partial charge in [-0.15, -0.1) is 0 Å². The van der Waals surface area contributed by atoms with E-state index in [9.17, 15) is 14.7 Å². The lowest BCUT2D eigenvalue weighted by Gasteiger charge is -2.27. The van der Waals surface area contributed by atoms with Crippen LogP contribution < -0.4 is 0 Å². The van der Waals surface area contributed by atoms with Gasteiger partial charge in [0.1, 0.15) is 6.61 Å². The molecule has 1 aromatic carbocycles. The number of hydrogen-bond acceptors (Lipinski definition) is 4. The second kappa shape index (κ2) is 6.20. The van der Waals surface area contributed by atoms with Crippen LogP contribution in [0, 0.1) is 11.3 Å². The summed E-state index contributed by atoms with van der Waals surface area (Å²) in [5, 5.41) is 9.54. The van der Waals surface area contributed by atoms with Crippen molar-refractivity contribution in [2.45, 2.75) is 13.0 Å². The van der Waals surface area contributed by atoms with Crippen molar-refractivity contribution in [3.63, 3.8) is 0 Å². The summed E-state index contributed by atoms with van der Waals surface area (Å²) in [5.74, 6) is -1.34. The Morgan fingerprint density at radius 1 is 1.30 bits per heavy atom. The van der Waals surface area contributed by atoms with E-state index < -0.39 is 18.0 Å². The molecule has 2 atom stereocenters. The number of rotatable bonds is 3. The molecule has 2 saturated heterocycles. The number of nitrogens with zero attached hydrogens (tertiary/aromatic N) is 2. The van der Waals surface area contributed by atoms with E-state index in [0.29, 0.717) is 13.1 Å². The molecule has 3 rings (SSSR count). The monoisotopic (exact) mass is 318 g/mol. The van der Waals surface area contributed by atoms with Crippen LogP contribution in [0.4, 0.5) is 4.79 Å². The lowest BCUT2D eigenvalue weighted by atomic mass is 9.77. The molecule has 2 fully saturated rings. The van der Waals surface area contributed by atoms with E-state index in [2.05, 4.69) is 4.90 Å². The number of hydrogen-bond donors (Lipinski definition) is 1.